The molecule has 0 radical (unpaired) electrons. The topological polar surface area (TPSA) is 62.6 Å². The van der Waals surface area contributed by atoms with Crippen molar-refractivity contribution >= 4 is 39.1 Å². The number of piperidine rings is 1. The molecule has 2 aromatic heterocycles. The zero-order valence-corrected chi connectivity index (χ0v) is 18.2. The van der Waals surface area contributed by atoms with E-state index in [0.717, 1.165) is 25.6 Å². The molecule has 0 saturated carbocycles. The van der Waals surface area contributed by atoms with Crippen molar-refractivity contribution in [1.82, 2.24) is 10.2 Å². The minimum atomic E-state index is -0.0596. The number of likely N-dealkylation sites (tertiary alicyclic amines) is 1. The smallest absolute Gasteiger partial charge is 0.263 e. The molecule has 150 valence electrons. The van der Waals surface area contributed by atoms with Crippen LogP contribution in [0.4, 0.5) is 0 Å². The molecule has 0 atom stereocenters. The van der Waals surface area contributed by atoms with Crippen LogP contribution in [0.15, 0.2) is 63.7 Å². The molecule has 0 spiro atoms. The summed E-state index contributed by atoms with van der Waals surface area (Å²) in [6.45, 7) is 1.60. The molecule has 1 N–H and O–H groups in total. The lowest BCUT2D eigenvalue weighted by molar-refractivity contribution is -0.126. The number of carbonyl (C=O) groups is 2. The van der Waals surface area contributed by atoms with Crippen molar-refractivity contribution < 1.29 is 14.0 Å². The van der Waals surface area contributed by atoms with Gasteiger partial charge in [0.15, 0.2) is 0 Å². The summed E-state index contributed by atoms with van der Waals surface area (Å²) in [6.07, 6.45) is 2.96. The Morgan fingerprint density at radius 2 is 1.86 bits per heavy atom. The van der Waals surface area contributed by atoms with E-state index in [1.807, 2.05) is 47.4 Å². The van der Waals surface area contributed by atoms with Crippen molar-refractivity contribution in [3.63, 3.8) is 0 Å². The van der Waals surface area contributed by atoms with Crippen LogP contribution in [0.5, 0.6) is 0 Å². The van der Waals surface area contributed by atoms with E-state index in [2.05, 4.69) is 21.2 Å². The maximum absolute atomic E-state index is 12.9. The van der Waals surface area contributed by atoms with Gasteiger partial charge < -0.3 is 14.6 Å². The number of nitrogens with zero attached hydrogens (tertiary/aromatic N) is 1. The number of halogens is 1. The van der Waals surface area contributed by atoms with Crippen LogP contribution in [0.2, 0.25) is 0 Å². The fraction of sp³-hybridized carbons (Fsp3) is 0.273. The first-order valence-corrected chi connectivity index (χ1v) is 11.2. The van der Waals surface area contributed by atoms with Crippen LogP contribution < -0.4 is 5.32 Å². The van der Waals surface area contributed by atoms with E-state index in [9.17, 15) is 9.59 Å². The highest BCUT2D eigenvalue weighted by Crippen LogP contribution is 2.30. The number of thiophene rings is 1. The molecular weight excluding hydrogens is 452 g/mol. The van der Waals surface area contributed by atoms with Crippen molar-refractivity contribution in [2.45, 2.75) is 19.4 Å². The van der Waals surface area contributed by atoms with E-state index in [1.54, 1.807) is 12.3 Å². The average Bonchev–Trinajstić information content (AvgIpc) is 3.44. The van der Waals surface area contributed by atoms with Gasteiger partial charge in [0.05, 0.1) is 17.7 Å². The Kier molecular flexibility index (Phi) is 6.16. The predicted octanol–water partition coefficient (Wildman–Crippen LogP) is 4.94. The van der Waals surface area contributed by atoms with Gasteiger partial charge in [-0.2, -0.15) is 0 Å². The molecular formula is C22H21BrN2O3S. The third-order valence-electron chi connectivity index (χ3n) is 5.12. The first kappa shape index (κ1) is 19.9. The third-order valence-corrected chi connectivity index (χ3v) is 6.77. The maximum Gasteiger partial charge on any atom is 0.263 e. The maximum atomic E-state index is 12.9. The van der Waals surface area contributed by atoms with Gasteiger partial charge in [-0.3, -0.25) is 9.59 Å². The fourth-order valence-corrected chi connectivity index (χ4v) is 4.70. The number of nitrogens with one attached hydrogen (secondary N) is 1. The molecule has 1 aliphatic rings. The lowest BCUT2D eigenvalue weighted by Crippen LogP contribution is -2.42. The first-order chi connectivity index (χ1) is 14.1. The molecule has 0 aliphatic carbocycles. The summed E-state index contributed by atoms with van der Waals surface area (Å²) < 4.78 is 6.27. The molecule has 7 heteroatoms. The first-order valence-electron chi connectivity index (χ1n) is 9.55. The molecule has 1 aliphatic heterocycles. The average molecular weight is 473 g/mol. The van der Waals surface area contributed by atoms with Crippen LogP contribution in [0.25, 0.3) is 10.4 Å². The van der Waals surface area contributed by atoms with E-state index in [-0.39, 0.29) is 17.7 Å². The number of hydrogen-bond acceptors (Lipinski definition) is 4. The van der Waals surface area contributed by atoms with Gasteiger partial charge >= 0.3 is 0 Å². The number of carbonyl (C=O) groups excluding carboxylic acids is 2. The molecule has 0 bridgehead atoms. The number of hydrogen-bond donors (Lipinski definition) is 1. The Morgan fingerprint density at radius 3 is 2.55 bits per heavy atom. The fourth-order valence-electron chi connectivity index (χ4n) is 3.45. The van der Waals surface area contributed by atoms with Crippen LogP contribution in [-0.2, 0) is 11.3 Å². The largest absolute Gasteiger partial charge is 0.467 e. The van der Waals surface area contributed by atoms with Crippen molar-refractivity contribution in [3.8, 4) is 10.4 Å². The van der Waals surface area contributed by atoms with E-state index < -0.39 is 0 Å². The van der Waals surface area contributed by atoms with Gasteiger partial charge in [0, 0.05) is 28.4 Å². The minimum Gasteiger partial charge on any atom is -0.467 e. The SMILES string of the molecule is O=C(NCc1ccco1)C1CCN(C(=O)c2ccc(-c3ccc(Br)cc3)s2)CC1. The van der Waals surface area contributed by atoms with Crippen molar-refractivity contribution in [3.05, 3.63) is 69.9 Å². The lowest BCUT2D eigenvalue weighted by Gasteiger charge is -2.31. The molecule has 1 aromatic carbocycles. The Hall–Kier alpha value is -2.38. The second-order valence-electron chi connectivity index (χ2n) is 7.03. The summed E-state index contributed by atoms with van der Waals surface area (Å²) in [5.41, 5.74) is 1.10. The molecule has 4 rings (SSSR count). The molecule has 5 nitrogen and oxygen atoms in total. The summed E-state index contributed by atoms with van der Waals surface area (Å²) in [5, 5.41) is 2.92. The van der Waals surface area contributed by atoms with Crippen LogP contribution in [0.3, 0.4) is 0 Å². The number of amides is 2. The number of rotatable bonds is 5. The Bertz CT molecular complexity index is 974. The summed E-state index contributed by atoms with van der Waals surface area (Å²) in [7, 11) is 0. The lowest BCUT2D eigenvalue weighted by atomic mass is 9.96. The zero-order chi connectivity index (χ0) is 20.2. The molecule has 29 heavy (non-hydrogen) atoms. The highest BCUT2D eigenvalue weighted by molar-refractivity contribution is 9.10. The second kappa shape index (κ2) is 8.97. The highest BCUT2D eigenvalue weighted by Gasteiger charge is 2.28. The van der Waals surface area contributed by atoms with E-state index in [4.69, 9.17) is 4.42 Å². The van der Waals surface area contributed by atoms with Gasteiger partial charge in [-0.25, -0.2) is 0 Å². The quantitative estimate of drug-likeness (QED) is 0.571. The Balaban J connectivity index is 1.31. The normalized spacial score (nSPS) is 14.7. The molecule has 1 saturated heterocycles. The van der Waals surface area contributed by atoms with Crippen LogP contribution in [0, 0.1) is 5.92 Å². The van der Waals surface area contributed by atoms with Crippen LogP contribution in [-0.4, -0.2) is 29.8 Å². The van der Waals surface area contributed by atoms with Gasteiger partial charge in [-0.05, 0) is 54.8 Å². The van der Waals surface area contributed by atoms with Gasteiger partial charge in [0.1, 0.15) is 5.76 Å². The molecule has 3 heterocycles. The standard InChI is InChI=1S/C22H21BrN2O3S/c23-17-5-3-15(4-6-17)19-7-8-20(29-19)22(27)25-11-9-16(10-12-25)21(26)24-14-18-2-1-13-28-18/h1-8,13,16H,9-12,14H2,(H,24,26). The Morgan fingerprint density at radius 1 is 1.10 bits per heavy atom. The number of benzene rings is 1. The van der Waals surface area contributed by atoms with Gasteiger partial charge in [-0.15, -0.1) is 11.3 Å². The zero-order valence-electron chi connectivity index (χ0n) is 15.8. The Labute approximate surface area is 181 Å². The van der Waals surface area contributed by atoms with Crippen molar-refractivity contribution in [2.24, 2.45) is 5.92 Å². The second-order valence-corrected chi connectivity index (χ2v) is 9.03. The van der Waals surface area contributed by atoms with Gasteiger partial charge in [0.25, 0.3) is 5.91 Å². The summed E-state index contributed by atoms with van der Waals surface area (Å²) in [6, 6.07) is 15.6. The monoisotopic (exact) mass is 472 g/mol. The number of furan rings is 1. The molecule has 3 aromatic rings. The summed E-state index contributed by atoms with van der Waals surface area (Å²) in [4.78, 5) is 28.9. The van der Waals surface area contributed by atoms with E-state index in [1.165, 1.54) is 11.3 Å². The highest BCUT2D eigenvalue weighted by atomic mass is 79.9. The molecule has 0 unspecified atom stereocenters. The third kappa shape index (κ3) is 4.79. The van der Waals surface area contributed by atoms with E-state index >= 15 is 0 Å². The van der Waals surface area contributed by atoms with Crippen molar-refractivity contribution in [1.29, 1.82) is 0 Å². The van der Waals surface area contributed by atoms with Crippen molar-refractivity contribution in [2.75, 3.05) is 13.1 Å². The van der Waals surface area contributed by atoms with Crippen LogP contribution in [0.1, 0.15) is 28.3 Å². The summed E-state index contributed by atoms with van der Waals surface area (Å²) in [5.74, 6) is 0.760. The van der Waals surface area contributed by atoms with E-state index in [0.29, 0.717) is 32.5 Å². The minimum absolute atomic E-state index is 0.0298. The van der Waals surface area contributed by atoms with Gasteiger partial charge in [0.2, 0.25) is 5.91 Å². The molecule has 1 fully saturated rings. The van der Waals surface area contributed by atoms with Gasteiger partial charge in [-0.1, -0.05) is 28.1 Å². The van der Waals surface area contributed by atoms with Crippen LogP contribution >= 0.6 is 27.3 Å². The molecule has 2 amide bonds. The predicted molar refractivity (Wildman–Crippen MR) is 117 cm³/mol. The summed E-state index contributed by atoms with van der Waals surface area (Å²) >= 11 is 4.95.